The molecule has 0 unspecified atom stereocenters. The van der Waals surface area contributed by atoms with Crippen molar-refractivity contribution in [2.45, 2.75) is 45.3 Å². The molecule has 5 heteroatoms. The predicted octanol–water partition coefficient (Wildman–Crippen LogP) is 3.50. The number of likely N-dealkylation sites (tertiary alicyclic amines) is 1. The lowest BCUT2D eigenvalue weighted by atomic mass is 9.88. The second-order valence-corrected chi connectivity index (χ2v) is 7.09. The second kappa shape index (κ2) is 8.90. The zero-order chi connectivity index (χ0) is 18.4. The summed E-state index contributed by atoms with van der Waals surface area (Å²) in [5, 5.41) is 13.4. The zero-order valence-electron chi connectivity index (χ0n) is 15.4. The van der Waals surface area contributed by atoms with Gasteiger partial charge in [0.2, 0.25) is 0 Å². The van der Waals surface area contributed by atoms with Crippen LogP contribution in [0.1, 0.15) is 36.3 Å². The van der Waals surface area contributed by atoms with Crippen LogP contribution in [0.25, 0.3) is 0 Å². The van der Waals surface area contributed by atoms with Crippen LogP contribution in [0.3, 0.4) is 0 Å². The van der Waals surface area contributed by atoms with Gasteiger partial charge < -0.3 is 19.7 Å². The summed E-state index contributed by atoms with van der Waals surface area (Å²) >= 11 is 0. The summed E-state index contributed by atoms with van der Waals surface area (Å²) in [6.45, 7) is 3.68. The lowest BCUT2D eigenvalue weighted by Crippen LogP contribution is -2.45. The van der Waals surface area contributed by atoms with Crippen LogP contribution in [0.4, 0.5) is 4.79 Å². The zero-order valence-corrected chi connectivity index (χ0v) is 15.4. The lowest BCUT2D eigenvalue weighted by Gasteiger charge is -2.34. The molecule has 0 saturated carbocycles. The number of urea groups is 1. The summed E-state index contributed by atoms with van der Waals surface area (Å²) < 4.78 is 5.47. The molecule has 0 bridgehead atoms. The summed E-state index contributed by atoms with van der Waals surface area (Å²) in [5.74, 6) is 1.89. The van der Waals surface area contributed by atoms with Crippen molar-refractivity contribution >= 4 is 6.03 Å². The van der Waals surface area contributed by atoms with Crippen molar-refractivity contribution in [3.8, 4) is 0 Å². The Morgan fingerprint density at radius 3 is 2.62 bits per heavy atom. The van der Waals surface area contributed by atoms with Crippen molar-refractivity contribution in [2.75, 3.05) is 13.1 Å². The van der Waals surface area contributed by atoms with Gasteiger partial charge in [-0.1, -0.05) is 30.3 Å². The van der Waals surface area contributed by atoms with E-state index in [0.717, 1.165) is 37.2 Å². The summed E-state index contributed by atoms with van der Waals surface area (Å²) in [4.78, 5) is 14.1. The highest BCUT2D eigenvalue weighted by Crippen LogP contribution is 2.23. The fourth-order valence-electron chi connectivity index (χ4n) is 3.54. The van der Waals surface area contributed by atoms with Gasteiger partial charge in [-0.2, -0.15) is 0 Å². The molecule has 1 aliphatic rings. The topological polar surface area (TPSA) is 65.7 Å². The molecule has 3 rings (SSSR count). The molecule has 0 radical (unpaired) electrons. The van der Waals surface area contributed by atoms with Crippen LogP contribution in [0.2, 0.25) is 0 Å². The van der Waals surface area contributed by atoms with Crippen molar-refractivity contribution in [2.24, 2.45) is 5.92 Å². The standard InChI is InChI=1S/C21H28N2O3/c1-16-7-9-19(26-16)15-22-21(25)23-13-11-18(12-14-23)20(24)10-8-17-5-3-2-4-6-17/h2-7,9,18,20,24H,8,10-15H2,1H3,(H,22,25)/t20-/m0/s1. The minimum Gasteiger partial charge on any atom is -0.465 e. The average molecular weight is 356 g/mol. The number of hydrogen-bond acceptors (Lipinski definition) is 3. The minimum absolute atomic E-state index is 0.0590. The molecule has 5 nitrogen and oxygen atoms in total. The summed E-state index contributed by atoms with van der Waals surface area (Å²) in [6.07, 6.45) is 3.07. The van der Waals surface area contributed by atoms with Crippen LogP contribution in [0.15, 0.2) is 46.9 Å². The number of furan rings is 1. The van der Waals surface area contributed by atoms with Crippen molar-refractivity contribution < 1.29 is 14.3 Å². The molecule has 2 amide bonds. The molecular weight excluding hydrogens is 328 g/mol. The number of amides is 2. The summed E-state index contributed by atoms with van der Waals surface area (Å²) in [7, 11) is 0. The Labute approximate surface area is 155 Å². The number of carbonyl (C=O) groups excluding carboxylic acids is 1. The van der Waals surface area contributed by atoms with Crippen molar-refractivity contribution in [1.82, 2.24) is 10.2 Å². The molecule has 0 aliphatic carbocycles. The van der Waals surface area contributed by atoms with Gasteiger partial charge in [-0.3, -0.25) is 0 Å². The van der Waals surface area contributed by atoms with Gasteiger partial charge in [-0.25, -0.2) is 4.79 Å². The molecule has 2 heterocycles. The fraction of sp³-hybridized carbons (Fsp3) is 0.476. The van der Waals surface area contributed by atoms with Crippen LogP contribution in [0, 0.1) is 12.8 Å². The second-order valence-electron chi connectivity index (χ2n) is 7.09. The molecule has 0 spiro atoms. The van der Waals surface area contributed by atoms with E-state index >= 15 is 0 Å². The van der Waals surface area contributed by atoms with Gasteiger partial charge in [0, 0.05) is 13.1 Å². The van der Waals surface area contributed by atoms with Crippen molar-refractivity contribution in [3.05, 3.63) is 59.5 Å². The molecule has 1 fully saturated rings. The molecule has 2 aromatic rings. The maximum atomic E-state index is 12.3. The molecule has 1 saturated heterocycles. The van der Waals surface area contributed by atoms with E-state index in [4.69, 9.17) is 4.42 Å². The molecule has 1 aliphatic heterocycles. The molecule has 140 valence electrons. The van der Waals surface area contributed by atoms with Gasteiger partial charge >= 0.3 is 6.03 Å². The number of aliphatic hydroxyl groups is 1. The van der Waals surface area contributed by atoms with Gasteiger partial charge in [-0.15, -0.1) is 0 Å². The number of rotatable bonds is 6. The van der Waals surface area contributed by atoms with Crippen LogP contribution in [-0.4, -0.2) is 35.2 Å². The number of nitrogens with one attached hydrogen (secondary N) is 1. The molecule has 1 aromatic carbocycles. The highest BCUT2D eigenvalue weighted by Gasteiger charge is 2.27. The average Bonchev–Trinajstić information content (AvgIpc) is 3.10. The number of hydrogen-bond donors (Lipinski definition) is 2. The Hall–Kier alpha value is -2.27. The molecular formula is C21H28N2O3. The first kappa shape index (κ1) is 18.5. The van der Waals surface area contributed by atoms with Gasteiger partial charge in [0.15, 0.2) is 0 Å². The normalized spacial score (nSPS) is 16.5. The Kier molecular flexibility index (Phi) is 6.34. The van der Waals surface area contributed by atoms with E-state index in [1.165, 1.54) is 5.56 Å². The van der Waals surface area contributed by atoms with E-state index in [1.54, 1.807) is 0 Å². The third-order valence-electron chi connectivity index (χ3n) is 5.15. The van der Waals surface area contributed by atoms with E-state index in [-0.39, 0.29) is 18.1 Å². The van der Waals surface area contributed by atoms with Gasteiger partial charge in [0.05, 0.1) is 12.6 Å². The number of benzene rings is 1. The van der Waals surface area contributed by atoms with E-state index in [9.17, 15) is 9.90 Å². The molecule has 1 aromatic heterocycles. The first-order valence-corrected chi connectivity index (χ1v) is 9.42. The smallest absolute Gasteiger partial charge is 0.317 e. The first-order valence-electron chi connectivity index (χ1n) is 9.42. The number of aliphatic hydroxyl groups excluding tert-OH is 1. The van der Waals surface area contributed by atoms with E-state index in [2.05, 4.69) is 17.4 Å². The Balaban J connectivity index is 1.38. The molecule has 2 N–H and O–H groups in total. The van der Waals surface area contributed by atoms with E-state index in [0.29, 0.717) is 19.6 Å². The molecule has 1 atom stereocenters. The van der Waals surface area contributed by atoms with Gasteiger partial charge in [-0.05, 0) is 56.2 Å². The quantitative estimate of drug-likeness (QED) is 0.832. The Morgan fingerprint density at radius 2 is 1.96 bits per heavy atom. The largest absolute Gasteiger partial charge is 0.465 e. The Morgan fingerprint density at radius 1 is 1.23 bits per heavy atom. The summed E-state index contributed by atoms with van der Waals surface area (Å²) in [5.41, 5.74) is 1.26. The number of nitrogens with zero attached hydrogens (tertiary/aromatic N) is 1. The highest BCUT2D eigenvalue weighted by molar-refractivity contribution is 5.74. The number of aryl methyl sites for hydroxylation is 2. The maximum Gasteiger partial charge on any atom is 0.317 e. The van der Waals surface area contributed by atoms with Gasteiger partial charge in [0.25, 0.3) is 0 Å². The van der Waals surface area contributed by atoms with Crippen LogP contribution in [-0.2, 0) is 13.0 Å². The first-order chi connectivity index (χ1) is 12.6. The molecule has 26 heavy (non-hydrogen) atoms. The van der Waals surface area contributed by atoms with Crippen LogP contribution in [0.5, 0.6) is 0 Å². The number of carbonyl (C=O) groups is 1. The van der Waals surface area contributed by atoms with Crippen LogP contribution < -0.4 is 5.32 Å². The monoisotopic (exact) mass is 356 g/mol. The van der Waals surface area contributed by atoms with Crippen molar-refractivity contribution in [1.29, 1.82) is 0 Å². The van der Waals surface area contributed by atoms with E-state index < -0.39 is 0 Å². The minimum atomic E-state index is -0.300. The Bertz CT molecular complexity index is 690. The highest BCUT2D eigenvalue weighted by atomic mass is 16.3. The third kappa shape index (κ3) is 5.11. The SMILES string of the molecule is Cc1ccc(CNC(=O)N2CCC([C@@H](O)CCc3ccccc3)CC2)o1. The van der Waals surface area contributed by atoms with Crippen LogP contribution >= 0.6 is 0 Å². The van der Waals surface area contributed by atoms with E-state index in [1.807, 2.05) is 42.2 Å². The fourth-order valence-corrected chi connectivity index (χ4v) is 3.54. The van der Waals surface area contributed by atoms with Crippen molar-refractivity contribution in [3.63, 3.8) is 0 Å². The number of piperidine rings is 1. The third-order valence-corrected chi connectivity index (χ3v) is 5.15. The lowest BCUT2D eigenvalue weighted by molar-refractivity contribution is 0.0610. The summed E-state index contributed by atoms with van der Waals surface area (Å²) in [6, 6.07) is 14.0. The maximum absolute atomic E-state index is 12.3. The van der Waals surface area contributed by atoms with Gasteiger partial charge in [0.1, 0.15) is 11.5 Å². The predicted molar refractivity (Wildman–Crippen MR) is 101 cm³/mol.